The summed E-state index contributed by atoms with van der Waals surface area (Å²) in [5.41, 5.74) is 3.61. The van der Waals surface area contributed by atoms with Crippen molar-refractivity contribution in [3.8, 4) is 11.3 Å². The second-order valence-electron chi connectivity index (χ2n) is 3.32. The van der Waals surface area contributed by atoms with Crippen LogP contribution in [0.25, 0.3) is 17.3 Å². The van der Waals surface area contributed by atoms with E-state index in [1.807, 2.05) is 6.92 Å². The minimum absolute atomic E-state index is 0.244. The van der Waals surface area contributed by atoms with Crippen molar-refractivity contribution >= 4 is 6.08 Å². The summed E-state index contributed by atoms with van der Waals surface area (Å²) >= 11 is 0. The first kappa shape index (κ1) is 9.65. The highest BCUT2D eigenvalue weighted by atomic mass is 19.1. The molecule has 76 valence electrons. The first-order chi connectivity index (χ1) is 7.22. The van der Waals surface area contributed by atoms with Crippen molar-refractivity contribution in [3.05, 3.63) is 47.9 Å². The van der Waals surface area contributed by atoms with Crippen molar-refractivity contribution in [2.24, 2.45) is 0 Å². The molecular formula is C12H11FN2. The zero-order chi connectivity index (χ0) is 10.8. The molecule has 0 radical (unpaired) electrons. The standard InChI is InChI=1S/C12H11FN2/c1-3-11-8(2)14-15-12(11)9-4-6-10(13)7-5-9/h3-7H,1H2,2H3,(H,14,15). The maximum atomic E-state index is 12.7. The third-order valence-corrected chi connectivity index (χ3v) is 2.32. The molecule has 0 fully saturated rings. The molecule has 0 unspecified atom stereocenters. The van der Waals surface area contributed by atoms with Gasteiger partial charge in [-0.3, -0.25) is 5.10 Å². The smallest absolute Gasteiger partial charge is 0.123 e. The molecule has 15 heavy (non-hydrogen) atoms. The SMILES string of the molecule is C=Cc1c(-c2ccc(F)cc2)n[nH]c1C. The highest BCUT2D eigenvalue weighted by Gasteiger charge is 2.08. The van der Waals surface area contributed by atoms with Crippen LogP contribution in [0.3, 0.4) is 0 Å². The van der Waals surface area contributed by atoms with E-state index in [-0.39, 0.29) is 5.82 Å². The second-order valence-corrected chi connectivity index (χ2v) is 3.32. The van der Waals surface area contributed by atoms with Gasteiger partial charge in [0.2, 0.25) is 0 Å². The van der Waals surface area contributed by atoms with Gasteiger partial charge in [0.25, 0.3) is 0 Å². The number of nitrogens with zero attached hydrogens (tertiary/aromatic N) is 1. The van der Waals surface area contributed by atoms with Gasteiger partial charge in [-0.25, -0.2) is 4.39 Å². The number of aromatic nitrogens is 2. The summed E-state index contributed by atoms with van der Waals surface area (Å²) in [7, 11) is 0. The van der Waals surface area contributed by atoms with Crippen LogP contribution >= 0.6 is 0 Å². The summed E-state index contributed by atoms with van der Waals surface area (Å²) < 4.78 is 12.7. The van der Waals surface area contributed by atoms with Gasteiger partial charge in [0.05, 0.1) is 5.69 Å². The highest BCUT2D eigenvalue weighted by Crippen LogP contribution is 2.24. The highest BCUT2D eigenvalue weighted by molar-refractivity contribution is 5.72. The molecule has 0 spiro atoms. The molecule has 0 aliphatic rings. The van der Waals surface area contributed by atoms with Crippen LogP contribution in [0, 0.1) is 12.7 Å². The summed E-state index contributed by atoms with van der Waals surface area (Å²) in [6.07, 6.45) is 1.75. The third kappa shape index (κ3) is 1.68. The summed E-state index contributed by atoms with van der Waals surface area (Å²) in [5, 5.41) is 7.05. The van der Waals surface area contributed by atoms with Gasteiger partial charge >= 0.3 is 0 Å². The molecule has 0 aliphatic carbocycles. The van der Waals surface area contributed by atoms with E-state index in [0.29, 0.717) is 0 Å². The van der Waals surface area contributed by atoms with Gasteiger partial charge in [-0.05, 0) is 31.2 Å². The average Bonchev–Trinajstić information content (AvgIpc) is 2.61. The van der Waals surface area contributed by atoms with Crippen molar-refractivity contribution in [2.45, 2.75) is 6.92 Å². The Balaban J connectivity index is 2.53. The topological polar surface area (TPSA) is 28.7 Å². The number of hydrogen-bond donors (Lipinski definition) is 1. The summed E-state index contributed by atoms with van der Waals surface area (Å²) in [4.78, 5) is 0. The van der Waals surface area contributed by atoms with Gasteiger partial charge in [0.1, 0.15) is 5.82 Å². The number of nitrogens with one attached hydrogen (secondary N) is 1. The molecule has 0 amide bonds. The van der Waals surface area contributed by atoms with Crippen molar-refractivity contribution in [2.75, 3.05) is 0 Å². The molecule has 0 atom stereocenters. The lowest BCUT2D eigenvalue weighted by molar-refractivity contribution is 0.628. The van der Waals surface area contributed by atoms with Crippen LogP contribution in [0.4, 0.5) is 4.39 Å². The van der Waals surface area contributed by atoms with Crippen molar-refractivity contribution < 1.29 is 4.39 Å². The Labute approximate surface area is 87.5 Å². The minimum Gasteiger partial charge on any atom is -0.282 e. The summed E-state index contributed by atoms with van der Waals surface area (Å²) in [6, 6.07) is 6.26. The molecule has 2 rings (SSSR count). The number of rotatable bonds is 2. The molecule has 0 saturated carbocycles. The maximum Gasteiger partial charge on any atom is 0.123 e. The fraction of sp³-hybridized carbons (Fsp3) is 0.0833. The Hall–Kier alpha value is -1.90. The van der Waals surface area contributed by atoms with Crippen LogP contribution in [0.15, 0.2) is 30.8 Å². The zero-order valence-electron chi connectivity index (χ0n) is 8.42. The largest absolute Gasteiger partial charge is 0.282 e. The van der Waals surface area contributed by atoms with E-state index in [1.165, 1.54) is 12.1 Å². The normalized spacial score (nSPS) is 10.3. The van der Waals surface area contributed by atoms with Crippen LogP contribution in [0.1, 0.15) is 11.3 Å². The molecule has 0 aliphatic heterocycles. The zero-order valence-corrected chi connectivity index (χ0v) is 8.42. The van der Waals surface area contributed by atoms with Gasteiger partial charge in [-0.2, -0.15) is 5.10 Å². The van der Waals surface area contributed by atoms with E-state index in [0.717, 1.165) is 22.5 Å². The van der Waals surface area contributed by atoms with E-state index in [1.54, 1.807) is 18.2 Å². The summed E-state index contributed by atoms with van der Waals surface area (Å²) in [6.45, 7) is 5.66. The van der Waals surface area contributed by atoms with Crippen LogP contribution < -0.4 is 0 Å². The molecule has 1 aromatic heterocycles. The van der Waals surface area contributed by atoms with E-state index in [4.69, 9.17) is 0 Å². The minimum atomic E-state index is -0.244. The van der Waals surface area contributed by atoms with Gasteiger partial charge < -0.3 is 0 Å². The monoisotopic (exact) mass is 202 g/mol. The Bertz CT molecular complexity index is 483. The predicted molar refractivity (Wildman–Crippen MR) is 58.8 cm³/mol. The lowest BCUT2D eigenvalue weighted by atomic mass is 10.1. The van der Waals surface area contributed by atoms with Crippen molar-refractivity contribution in [1.82, 2.24) is 10.2 Å². The third-order valence-electron chi connectivity index (χ3n) is 2.32. The fourth-order valence-electron chi connectivity index (χ4n) is 1.52. The Morgan fingerprint density at radius 2 is 2.00 bits per heavy atom. The number of halogens is 1. The van der Waals surface area contributed by atoms with Crippen molar-refractivity contribution in [3.63, 3.8) is 0 Å². The maximum absolute atomic E-state index is 12.7. The van der Waals surface area contributed by atoms with Crippen LogP contribution in [-0.2, 0) is 0 Å². The first-order valence-electron chi connectivity index (χ1n) is 4.65. The van der Waals surface area contributed by atoms with Gasteiger partial charge in [-0.1, -0.05) is 12.7 Å². The lowest BCUT2D eigenvalue weighted by Gasteiger charge is -1.98. The van der Waals surface area contributed by atoms with E-state index in [9.17, 15) is 4.39 Å². The first-order valence-corrected chi connectivity index (χ1v) is 4.65. The lowest BCUT2D eigenvalue weighted by Crippen LogP contribution is -1.82. The average molecular weight is 202 g/mol. The molecule has 1 N–H and O–H groups in total. The van der Waals surface area contributed by atoms with Crippen molar-refractivity contribution in [1.29, 1.82) is 0 Å². The molecule has 0 saturated heterocycles. The number of aryl methyl sites for hydroxylation is 1. The fourth-order valence-corrected chi connectivity index (χ4v) is 1.52. The van der Waals surface area contributed by atoms with E-state index in [2.05, 4.69) is 16.8 Å². The van der Waals surface area contributed by atoms with E-state index >= 15 is 0 Å². The molecule has 1 aromatic carbocycles. The van der Waals surface area contributed by atoms with E-state index < -0.39 is 0 Å². The van der Waals surface area contributed by atoms with Gasteiger partial charge in [0.15, 0.2) is 0 Å². The Morgan fingerprint density at radius 1 is 1.33 bits per heavy atom. The number of aromatic amines is 1. The number of benzene rings is 1. The van der Waals surface area contributed by atoms with Gasteiger partial charge in [0, 0.05) is 16.8 Å². The Morgan fingerprint density at radius 3 is 2.60 bits per heavy atom. The number of H-pyrrole nitrogens is 1. The summed E-state index contributed by atoms with van der Waals surface area (Å²) in [5.74, 6) is -0.244. The molecule has 2 aromatic rings. The number of hydrogen-bond acceptors (Lipinski definition) is 1. The van der Waals surface area contributed by atoms with Gasteiger partial charge in [-0.15, -0.1) is 0 Å². The molecule has 1 heterocycles. The predicted octanol–water partition coefficient (Wildman–Crippen LogP) is 3.17. The molecule has 0 bridgehead atoms. The van der Waals surface area contributed by atoms with Crippen LogP contribution in [0.5, 0.6) is 0 Å². The van der Waals surface area contributed by atoms with Crippen LogP contribution in [-0.4, -0.2) is 10.2 Å². The Kier molecular flexibility index (Phi) is 2.37. The molecule has 3 heteroatoms. The molecule has 2 nitrogen and oxygen atoms in total. The molecular weight excluding hydrogens is 191 g/mol. The van der Waals surface area contributed by atoms with Crippen LogP contribution in [0.2, 0.25) is 0 Å². The quantitative estimate of drug-likeness (QED) is 0.796. The second kappa shape index (κ2) is 3.69.